The maximum Gasteiger partial charge on any atom is 0.261 e. The van der Waals surface area contributed by atoms with E-state index in [1.54, 1.807) is 19.2 Å². The topological polar surface area (TPSA) is 22.0 Å². The van der Waals surface area contributed by atoms with Gasteiger partial charge in [-0.1, -0.05) is 30.3 Å². The lowest BCUT2D eigenvalue weighted by atomic mass is 10.1. The van der Waals surface area contributed by atoms with Crippen molar-refractivity contribution in [3.63, 3.8) is 0 Å². The monoisotopic (exact) mass is 227 g/mol. The van der Waals surface area contributed by atoms with E-state index in [-0.39, 0.29) is 10.9 Å². The van der Waals surface area contributed by atoms with Crippen LogP contribution in [-0.2, 0) is 7.05 Å². The Kier molecular flexibility index (Phi) is 2.01. The normalized spacial score (nSPS) is 11.2. The van der Waals surface area contributed by atoms with E-state index in [9.17, 15) is 9.18 Å². The molecule has 0 fully saturated rings. The molecule has 0 aliphatic carbocycles. The molecular formula is C14H10FNO. The Bertz CT molecular complexity index is 789. The Morgan fingerprint density at radius 1 is 1.00 bits per heavy atom. The molecule has 2 nitrogen and oxygen atoms in total. The minimum absolute atomic E-state index is 0.161. The molecule has 0 aliphatic rings. The highest BCUT2D eigenvalue weighted by molar-refractivity contribution is 6.05. The van der Waals surface area contributed by atoms with Crippen LogP contribution in [0.3, 0.4) is 0 Å². The first-order valence-electron chi connectivity index (χ1n) is 5.36. The van der Waals surface area contributed by atoms with Gasteiger partial charge in [0.1, 0.15) is 5.82 Å². The molecular weight excluding hydrogens is 217 g/mol. The van der Waals surface area contributed by atoms with Crippen molar-refractivity contribution in [1.82, 2.24) is 4.57 Å². The van der Waals surface area contributed by atoms with Crippen molar-refractivity contribution in [1.29, 1.82) is 0 Å². The number of hydrogen-bond donors (Lipinski definition) is 0. The maximum absolute atomic E-state index is 13.7. The smallest absolute Gasteiger partial charge is 0.261 e. The summed E-state index contributed by atoms with van der Waals surface area (Å²) in [7, 11) is 1.66. The lowest BCUT2D eigenvalue weighted by molar-refractivity contribution is 0.637. The molecule has 1 heterocycles. The zero-order valence-corrected chi connectivity index (χ0v) is 9.27. The first-order chi connectivity index (χ1) is 8.20. The Balaban J connectivity index is 2.76. The number of halogens is 1. The van der Waals surface area contributed by atoms with E-state index in [0.717, 1.165) is 10.9 Å². The highest BCUT2D eigenvalue weighted by Gasteiger charge is 2.10. The largest absolute Gasteiger partial charge is 0.311 e. The van der Waals surface area contributed by atoms with Gasteiger partial charge in [0.05, 0.1) is 10.9 Å². The van der Waals surface area contributed by atoms with Crippen LogP contribution in [0.2, 0.25) is 0 Å². The molecule has 0 saturated heterocycles. The van der Waals surface area contributed by atoms with Crippen molar-refractivity contribution >= 4 is 21.7 Å². The van der Waals surface area contributed by atoms with Gasteiger partial charge in [0.25, 0.3) is 5.56 Å². The van der Waals surface area contributed by atoms with Crippen LogP contribution in [0.25, 0.3) is 21.7 Å². The summed E-state index contributed by atoms with van der Waals surface area (Å²) < 4.78 is 15.2. The number of para-hydroxylation sites is 1. The summed E-state index contributed by atoms with van der Waals surface area (Å²) in [6, 6.07) is 12.2. The molecule has 0 saturated carbocycles. The molecule has 3 rings (SSSR count). The molecule has 0 N–H and O–H groups in total. The van der Waals surface area contributed by atoms with Gasteiger partial charge in [-0.25, -0.2) is 4.39 Å². The van der Waals surface area contributed by atoms with Gasteiger partial charge in [-0.05, 0) is 17.5 Å². The average Bonchev–Trinajstić information content (AvgIpc) is 2.36. The van der Waals surface area contributed by atoms with Crippen LogP contribution < -0.4 is 5.56 Å². The predicted molar refractivity (Wildman–Crippen MR) is 66.7 cm³/mol. The molecule has 84 valence electrons. The van der Waals surface area contributed by atoms with E-state index >= 15 is 0 Å². The summed E-state index contributed by atoms with van der Waals surface area (Å²) in [6.07, 6.45) is 0. The first kappa shape index (κ1) is 10.0. The SMILES string of the molecule is Cn1c(=O)c2c(F)cccc2c2ccccc21. The van der Waals surface area contributed by atoms with Gasteiger partial charge < -0.3 is 4.57 Å². The van der Waals surface area contributed by atoms with Gasteiger partial charge >= 0.3 is 0 Å². The zero-order valence-electron chi connectivity index (χ0n) is 9.27. The average molecular weight is 227 g/mol. The van der Waals surface area contributed by atoms with E-state index in [1.807, 2.05) is 24.3 Å². The van der Waals surface area contributed by atoms with Gasteiger partial charge in [-0.15, -0.1) is 0 Å². The van der Waals surface area contributed by atoms with Crippen LogP contribution in [0.5, 0.6) is 0 Å². The van der Waals surface area contributed by atoms with E-state index in [2.05, 4.69) is 0 Å². The molecule has 0 spiro atoms. The summed E-state index contributed by atoms with van der Waals surface area (Å²) in [5.74, 6) is -0.464. The standard InChI is InChI=1S/C14H10FNO/c1-16-12-8-3-2-5-9(12)10-6-4-7-11(15)13(10)14(16)17/h2-8H,1H3. The highest BCUT2D eigenvalue weighted by atomic mass is 19.1. The molecule has 0 radical (unpaired) electrons. The molecule has 2 aromatic carbocycles. The molecule has 1 aromatic heterocycles. The fourth-order valence-corrected chi connectivity index (χ4v) is 2.24. The molecule has 0 unspecified atom stereocenters. The second kappa shape index (κ2) is 3.42. The second-order valence-electron chi connectivity index (χ2n) is 4.04. The number of aryl methyl sites for hydroxylation is 1. The fraction of sp³-hybridized carbons (Fsp3) is 0.0714. The van der Waals surface area contributed by atoms with Crippen LogP contribution in [0.4, 0.5) is 4.39 Å². The summed E-state index contributed by atoms with van der Waals surface area (Å²) in [6.45, 7) is 0. The van der Waals surface area contributed by atoms with Crippen molar-refractivity contribution < 1.29 is 4.39 Å². The van der Waals surface area contributed by atoms with Crippen LogP contribution >= 0.6 is 0 Å². The molecule has 0 atom stereocenters. The maximum atomic E-state index is 13.7. The Morgan fingerprint density at radius 2 is 1.71 bits per heavy atom. The minimum atomic E-state index is -0.464. The number of benzene rings is 2. The molecule has 3 aromatic rings. The van der Waals surface area contributed by atoms with Gasteiger partial charge in [-0.2, -0.15) is 0 Å². The summed E-state index contributed by atoms with van der Waals surface area (Å²) >= 11 is 0. The molecule has 3 heteroatoms. The third-order valence-corrected chi connectivity index (χ3v) is 3.09. The van der Waals surface area contributed by atoms with Crippen molar-refractivity contribution in [2.45, 2.75) is 0 Å². The lowest BCUT2D eigenvalue weighted by Crippen LogP contribution is -2.18. The van der Waals surface area contributed by atoms with Crippen LogP contribution in [0, 0.1) is 5.82 Å². The van der Waals surface area contributed by atoms with Gasteiger partial charge in [0, 0.05) is 12.4 Å². The van der Waals surface area contributed by atoms with Crippen molar-refractivity contribution in [3.05, 3.63) is 58.6 Å². The predicted octanol–water partition coefficient (Wildman–Crippen LogP) is 2.83. The number of aromatic nitrogens is 1. The third-order valence-electron chi connectivity index (χ3n) is 3.09. The van der Waals surface area contributed by atoms with E-state index < -0.39 is 5.82 Å². The Labute approximate surface area is 96.9 Å². The van der Waals surface area contributed by atoms with Crippen molar-refractivity contribution in [3.8, 4) is 0 Å². The summed E-state index contributed by atoms with van der Waals surface area (Å²) in [5.41, 5.74) is 0.521. The van der Waals surface area contributed by atoms with Gasteiger partial charge in [0.15, 0.2) is 0 Å². The van der Waals surface area contributed by atoms with Gasteiger partial charge in [0.2, 0.25) is 0 Å². The number of rotatable bonds is 0. The Morgan fingerprint density at radius 3 is 2.53 bits per heavy atom. The molecule has 0 aliphatic heterocycles. The van der Waals surface area contributed by atoms with Crippen LogP contribution in [0.1, 0.15) is 0 Å². The van der Waals surface area contributed by atoms with E-state index in [4.69, 9.17) is 0 Å². The number of pyridine rings is 1. The highest BCUT2D eigenvalue weighted by Crippen LogP contribution is 2.23. The number of fused-ring (bicyclic) bond motifs is 3. The summed E-state index contributed by atoms with van der Waals surface area (Å²) in [4.78, 5) is 12.1. The minimum Gasteiger partial charge on any atom is -0.311 e. The second-order valence-corrected chi connectivity index (χ2v) is 4.04. The first-order valence-corrected chi connectivity index (χ1v) is 5.36. The number of nitrogens with zero attached hydrogens (tertiary/aromatic N) is 1. The Hall–Kier alpha value is -2.16. The molecule has 0 bridgehead atoms. The van der Waals surface area contributed by atoms with Crippen molar-refractivity contribution in [2.75, 3.05) is 0 Å². The molecule has 17 heavy (non-hydrogen) atoms. The fourth-order valence-electron chi connectivity index (χ4n) is 2.24. The van der Waals surface area contributed by atoms with Crippen LogP contribution in [-0.4, -0.2) is 4.57 Å². The lowest BCUT2D eigenvalue weighted by Gasteiger charge is -2.08. The molecule has 0 amide bonds. The third kappa shape index (κ3) is 1.29. The van der Waals surface area contributed by atoms with Crippen molar-refractivity contribution in [2.24, 2.45) is 7.05 Å². The zero-order chi connectivity index (χ0) is 12.0. The van der Waals surface area contributed by atoms with E-state index in [0.29, 0.717) is 5.39 Å². The quantitative estimate of drug-likeness (QED) is 0.541. The number of hydrogen-bond acceptors (Lipinski definition) is 1. The van der Waals surface area contributed by atoms with Crippen LogP contribution in [0.15, 0.2) is 47.3 Å². The summed E-state index contributed by atoms with van der Waals surface area (Å²) in [5, 5.41) is 1.72. The van der Waals surface area contributed by atoms with E-state index in [1.165, 1.54) is 10.6 Å². The van der Waals surface area contributed by atoms with Gasteiger partial charge in [-0.3, -0.25) is 4.79 Å².